The van der Waals surface area contributed by atoms with E-state index in [0.717, 1.165) is 0 Å². The predicted molar refractivity (Wildman–Crippen MR) is 42.3 cm³/mol. The second kappa shape index (κ2) is 2.51. The summed E-state index contributed by atoms with van der Waals surface area (Å²) in [6, 6.07) is 0. The van der Waals surface area contributed by atoms with Crippen LogP contribution in [0.2, 0.25) is 0 Å². The Kier molecular flexibility index (Phi) is 1.95. The molecule has 1 rings (SSSR count). The van der Waals surface area contributed by atoms with E-state index in [9.17, 15) is 13.6 Å². The second-order valence-corrected chi connectivity index (χ2v) is 3.60. The summed E-state index contributed by atoms with van der Waals surface area (Å²) in [4.78, 5) is 10.9. The van der Waals surface area contributed by atoms with E-state index in [1.54, 1.807) is 21.0 Å². The molecule has 5 heteroatoms. The summed E-state index contributed by atoms with van der Waals surface area (Å²) in [6.45, 7) is 2.23. The van der Waals surface area contributed by atoms with Crippen LogP contribution in [0.15, 0.2) is 11.5 Å². The van der Waals surface area contributed by atoms with E-state index in [2.05, 4.69) is 0 Å². The van der Waals surface area contributed by atoms with E-state index in [1.165, 1.54) is 0 Å². The first-order valence-corrected chi connectivity index (χ1v) is 3.95. The number of carbonyl (C=O) groups excluding carboxylic acids is 1. The van der Waals surface area contributed by atoms with Crippen molar-refractivity contribution >= 4 is 5.78 Å². The maximum Gasteiger partial charge on any atom is 0.377 e. The number of alkyl halides is 2. The first kappa shape index (κ1) is 10.1. The van der Waals surface area contributed by atoms with Crippen molar-refractivity contribution in [1.29, 1.82) is 0 Å². The van der Waals surface area contributed by atoms with E-state index in [1.807, 2.05) is 0 Å². The second-order valence-electron chi connectivity index (χ2n) is 3.60. The Morgan fingerprint density at radius 1 is 1.46 bits per heavy atom. The van der Waals surface area contributed by atoms with Gasteiger partial charge in [-0.1, -0.05) is 0 Å². The predicted octanol–water partition coefficient (Wildman–Crippen LogP) is 1.07. The number of aliphatic hydroxyl groups excluding tert-OH is 1. The zero-order valence-corrected chi connectivity index (χ0v) is 7.77. The maximum absolute atomic E-state index is 12.6. The van der Waals surface area contributed by atoms with Crippen LogP contribution in [0.25, 0.3) is 0 Å². The van der Waals surface area contributed by atoms with Crippen molar-refractivity contribution in [3.8, 4) is 0 Å². The largest absolute Gasteiger partial charge is 0.502 e. The minimum absolute atomic E-state index is 0.0136. The Bertz CT molecular complexity index is 295. The first-order valence-electron chi connectivity index (χ1n) is 3.95. The SMILES string of the molecule is CC[N+](C)(C)C1=C(O)C(F)(F)C1=O. The van der Waals surface area contributed by atoms with Gasteiger partial charge < -0.3 is 5.11 Å². The Morgan fingerprint density at radius 2 is 1.92 bits per heavy atom. The molecule has 0 spiro atoms. The highest BCUT2D eigenvalue weighted by molar-refractivity contribution is 6.08. The van der Waals surface area contributed by atoms with Crippen LogP contribution in [0.4, 0.5) is 8.78 Å². The number of Topliss-reactive ketones (excluding diaryl/α,β-unsaturated/α-hetero) is 1. The number of rotatable bonds is 2. The molecule has 0 amide bonds. The molecule has 0 saturated carbocycles. The molecule has 1 N–H and O–H groups in total. The quantitative estimate of drug-likeness (QED) is 0.664. The molecule has 13 heavy (non-hydrogen) atoms. The lowest BCUT2D eigenvalue weighted by Crippen LogP contribution is -2.55. The van der Waals surface area contributed by atoms with Gasteiger partial charge in [-0.25, -0.2) is 0 Å². The highest BCUT2D eigenvalue weighted by Crippen LogP contribution is 2.41. The topological polar surface area (TPSA) is 37.3 Å². The molecule has 0 heterocycles. The summed E-state index contributed by atoms with van der Waals surface area (Å²) >= 11 is 0. The number of nitrogens with zero attached hydrogens (tertiary/aromatic N) is 1. The van der Waals surface area contributed by atoms with Crippen molar-refractivity contribution in [2.45, 2.75) is 12.8 Å². The van der Waals surface area contributed by atoms with Crippen molar-refractivity contribution in [3.05, 3.63) is 11.5 Å². The van der Waals surface area contributed by atoms with Gasteiger partial charge in [0.1, 0.15) is 0 Å². The molecule has 0 saturated heterocycles. The third kappa shape index (κ3) is 1.14. The fraction of sp³-hybridized carbons (Fsp3) is 0.625. The highest BCUT2D eigenvalue weighted by Gasteiger charge is 2.63. The van der Waals surface area contributed by atoms with Crippen LogP contribution >= 0.6 is 0 Å². The number of likely N-dealkylation sites (N-methyl/N-ethyl adjacent to an activating group) is 1. The van der Waals surface area contributed by atoms with Gasteiger partial charge in [0.15, 0.2) is 0 Å². The van der Waals surface area contributed by atoms with Crippen LogP contribution in [-0.4, -0.2) is 41.9 Å². The van der Waals surface area contributed by atoms with Gasteiger partial charge in [0, 0.05) is 0 Å². The van der Waals surface area contributed by atoms with E-state index < -0.39 is 17.5 Å². The molecule has 0 aromatic rings. The Hall–Kier alpha value is -0.970. The van der Waals surface area contributed by atoms with Crippen LogP contribution in [0.3, 0.4) is 0 Å². The van der Waals surface area contributed by atoms with Crippen molar-refractivity contribution in [3.63, 3.8) is 0 Å². The summed E-state index contributed by atoms with van der Waals surface area (Å²) in [6.07, 6.45) is 0. The van der Waals surface area contributed by atoms with Crippen LogP contribution in [0.5, 0.6) is 0 Å². The third-order valence-electron chi connectivity index (χ3n) is 2.42. The molecule has 0 bridgehead atoms. The fourth-order valence-electron chi connectivity index (χ4n) is 1.17. The molecule has 0 aromatic heterocycles. The molecule has 0 fully saturated rings. The maximum atomic E-state index is 12.6. The Morgan fingerprint density at radius 3 is 2.23 bits per heavy atom. The number of hydrogen-bond donors (Lipinski definition) is 1. The van der Waals surface area contributed by atoms with Crippen LogP contribution in [0, 0.1) is 0 Å². The molecule has 1 aliphatic rings. The van der Waals surface area contributed by atoms with Gasteiger partial charge >= 0.3 is 5.92 Å². The average Bonchev–Trinajstić information content (AvgIpc) is 2.04. The minimum atomic E-state index is -3.65. The van der Waals surface area contributed by atoms with Crippen molar-refractivity contribution in [1.82, 2.24) is 0 Å². The number of allylic oxidation sites excluding steroid dienone is 2. The van der Waals surface area contributed by atoms with Gasteiger partial charge in [-0.15, -0.1) is 0 Å². The molecule has 74 valence electrons. The van der Waals surface area contributed by atoms with E-state index >= 15 is 0 Å². The van der Waals surface area contributed by atoms with E-state index in [-0.39, 0.29) is 10.2 Å². The van der Waals surface area contributed by atoms with Crippen LogP contribution in [0.1, 0.15) is 6.92 Å². The number of aliphatic hydroxyl groups is 1. The summed E-state index contributed by atoms with van der Waals surface area (Å²) < 4.78 is 25.1. The van der Waals surface area contributed by atoms with Crippen LogP contribution < -0.4 is 0 Å². The average molecular weight is 192 g/mol. The molecule has 0 aliphatic heterocycles. The molecule has 3 nitrogen and oxygen atoms in total. The fourth-order valence-corrected chi connectivity index (χ4v) is 1.17. The number of quaternary nitrogens is 1. The minimum Gasteiger partial charge on any atom is -0.502 e. The normalized spacial score (nSPS) is 21.8. The van der Waals surface area contributed by atoms with E-state index in [0.29, 0.717) is 6.54 Å². The molecule has 0 radical (unpaired) electrons. The summed E-state index contributed by atoms with van der Waals surface area (Å²) in [7, 11) is 3.19. The summed E-state index contributed by atoms with van der Waals surface area (Å²) in [5, 5.41) is 8.97. The van der Waals surface area contributed by atoms with E-state index in [4.69, 9.17) is 5.11 Å². The van der Waals surface area contributed by atoms with Gasteiger partial charge in [-0.05, 0) is 6.92 Å². The van der Waals surface area contributed by atoms with Crippen molar-refractivity contribution in [2.75, 3.05) is 20.6 Å². The lowest BCUT2D eigenvalue weighted by molar-refractivity contribution is -0.848. The number of carbonyl (C=O) groups is 1. The molecule has 0 unspecified atom stereocenters. The molecular weight excluding hydrogens is 180 g/mol. The smallest absolute Gasteiger partial charge is 0.377 e. The summed E-state index contributed by atoms with van der Waals surface area (Å²) in [5.41, 5.74) is -0.187. The van der Waals surface area contributed by atoms with Gasteiger partial charge in [-0.3, -0.25) is 9.28 Å². The molecule has 1 aliphatic carbocycles. The highest BCUT2D eigenvalue weighted by atomic mass is 19.3. The standard InChI is InChI=1S/C8H11F2NO2/c1-4-11(2,3)5-6(12)8(9,10)7(5)13/h4H2,1-3H3/p+1. The number of ketones is 1. The van der Waals surface area contributed by atoms with Crippen molar-refractivity contribution < 1.29 is 23.2 Å². The zero-order valence-electron chi connectivity index (χ0n) is 7.77. The van der Waals surface area contributed by atoms with Crippen molar-refractivity contribution in [2.24, 2.45) is 0 Å². The number of hydrogen-bond acceptors (Lipinski definition) is 2. The van der Waals surface area contributed by atoms with Gasteiger partial charge in [-0.2, -0.15) is 8.78 Å². The lowest BCUT2D eigenvalue weighted by Gasteiger charge is -2.36. The van der Waals surface area contributed by atoms with Gasteiger partial charge in [0.05, 0.1) is 20.6 Å². The molecule has 0 aromatic carbocycles. The first-order chi connectivity index (χ1) is 5.75. The monoisotopic (exact) mass is 192 g/mol. The van der Waals surface area contributed by atoms with Gasteiger partial charge in [0.25, 0.3) is 5.78 Å². The Labute approximate surface area is 74.9 Å². The lowest BCUT2D eigenvalue weighted by atomic mass is 9.94. The third-order valence-corrected chi connectivity index (χ3v) is 2.42. The molecular formula is C8H12F2NO2+. The molecule has 0 atom stereocenters. The Balaban J connectivity index is 3.12. The van der Waals surface area contributed by atoms with Gasteiger partial charge in [0.2, 0.25) is 11.5 Å². The zero-order chi connectivity index (χ0) is 10.4. The number of halogens is 2. The van der Waals surface area contributed by atoms with Crippen LogP contribution in [-0.2, 0) is 4.79 Å². The summed E-state index contributed by atoms with van der Waals surface area (Å²) in [5.74, 6) is -6.00.